The van der Waals surface area contributed by atoms with Crippen molar-refractivity contribution < 1.29 is 19.0 Å². The van der Waals surface area contributed by atoms with Crippen LogP contribution in [0.25, 0.3) is 0 Å². The average Bonchev–Trinajstić information content (AvgIpc) is 3.26. The molecular formula is C23H25N5O4. The summed E-state index contributed by atoms with van der Waals surface area (Å²) in [6.45, 7) is 4.24. The van der Waals surface area contributed by atoms with Gasteiger partial charge in [0.1, 0.15) is 18.1 Å². The maximum absolute atomic E-state index is 13.4. The lowest BCUT2D eigenvalue weighted by Gasteiger charge is -2.29. The van der Waals surface area contributed by atoms with E-state index in [-0.39, 0.29) is 5.91 Å². The predicted molar refractivity (Wildman–Crippen MR) is 120 cm³/mol. The van der Waals surface area contributed by atoms with Crippen LogP contribution in [-0.2, 0) is 4.79 Å². The molecule has 0 aliphatic carbocycles. The number of hydrogen-bond donors (Lipinski definition) is 2. The van der Waals surface area contributed by atoms with E-state index >= 15 is 0 Å². The zero-order valence-electron chi connectivity index (χ0n) is 18.4. The van der Waals surface area contributed by atoms with E-state index in [1.807, 2.05) is 32.0 Å². The quantitative estimate of drug-likeness (QED) is 0.585. The van der Waals surface area contributed by atoms with E-state index in [0.29, 0.717) is 46.8 Å². The van der Waals surface area contributed by atoms with Crippen LogP contribution < -0.4 is 24.8 Å². The van der Waals surface area contributed by atoms with Crippen LogP contribution in [0.15, 0.2) is 60.1 Å². The van der Waals surface area contributed by atoms with Crippen LogP contribution in [0.2, 0.25) is 0 Å². The molecule has 1 aliphatic rings. The highest BCUT2D eigenvalue weighted by Crippen LogP contribution is 2.38. The Balaban J connectivity index is 1.74. The number of carbonyl (C=O) groups is 1. The molecule has 0 saturated carbocycles. The second kappa shape index (κ2) is 9.01. The highest BCUT2D eigenvalue weighted by molar-refractivity contribution is 6.06. The van der Waals surface area contributed by atoms with Gasteiger partial charge in [-0.2, -0.15) is 10.1 Å². The van der Waals surface area contributed by atoms with Crippen LogP contribution in [0.1, 0.15) is 25.5 Å². The molecule has 1 aliphatic heterocycles. The minimum atomic E-state index is -0.503. The van der Waals surface area contributed by atoms with Gasteiger partial charge in [0.15, 0.2) is 11.5 Å². The van der Waals surface area contributed by atoms with Crippen molar-refractivity contribution in [3.05, 3.63) is 65.6 Å². The first-order valence-corrected chi connectivity index (χ1v) is 10.2. The maximum atomic E-state index is 13.4. The second-order valence-electron chi connectivity index (χ2n) is 7.12. The molecule has 3 aromatic rings. The number of anilines is 2. The second-order valence-corrected chi connectivity index (χ2v) is 7.12. The van der Waals surface area contributed by atoms with E-state index < -0.39 is 6.04 Å². The SMILES string of the molecule is CCOc1cc([C@@H]2C(C(=O)Nc3ccc(OC)cc3)=C(C)Nc3ncnn32)ccc1OC. The number of nitrogens with one attached hydrogen (secondary N) is 2. The summed E-state index contributed by atoms with van der Waals surface area (Å²) >= 11 is 0. The van der Waals surface area contributed by atoms with E-state index in [9.17, 15) is 4.79 Å². The third-order valence-electron chi connectivity index (χ3n) is 5.19. The Bertz CT molecular complexity index is 1150. The first kappa shape index (κ1) is 21.2. The number of methoxy groups -OCH3 is 2. The van der Waals surface area contributed by atoms with Crippen molar-refractivity contribution >= 4 is 17.5 Å². The molecule has 9 heteroatoms. The number of nitrogens with zero attached hydrogens (tertiary/aromatic N) is 3. The Labute approximate surface area is 186 Å². The molecule has 1 aromatic heterocycles. The van der Waals surface area contributed by atoms with Crippen molar-refractivity contribution in [1.82, 2.24) is 14.8 Å². The van der Waals surface area contributed by atoms with Gasteiger partial charge in [0, 0.05) is 11.4 Å². The van der Waals surface area contributed by atoms with Crippen molar-refractivity contribution in [2.24, 2.45) is 0 Å². The fourth-order valence-corrected chi connectivity index (χ4v) is 3.70. The van der Waals surface area contributed by atoms with Crippen LogP contribution in [0, 0.1) is 0 Å². The lowest BCUT2D eigenvalue weighted by atomic mass is 9.94. The molecule has 1 atom stereocenters. The monoisotopic (exact) mass is 435 g/mol. The van der Waals surface area contributed by atoms with Gasteiger partial charge in [0.2, 0.25) is 5.95 Å². The summed E-state index contributed by atoms with van der Waals surface area (Å²) in [4.78, 5) is 17.7. The molecule has 1 amide bonds. The number of benzene rings is 2. The Hall–Kier alpha value is -4.01. The maximum Gasteiger partial charge on any atom is 0.255 e. The van der Waals surface area contributed by atoms with Gasteiger partial charge < -0.3 is 24.8 Å². The minimum Gasteiger partial charge on any atom is -0.497 e. The summed E-state index contributed by atoms with van der Waals surface area (Å²) in [5, 5.41) is 10.5. The minimum absolute atomic E-state index is 0.250. The van der Waals surface area contributed by atoms with Gasteiger partial charge in [-0.15, -0.1) is 0 Å². The summed E-state index contributed by atoms with van der Waals surface area (Å²) in [6.07, 6.45) is 1.46. The molecule has 2 heterocycles. The molecular weight excluding hydrogens is 410 g/mol. The number of fused-ring (bicyclic) bond motifs is 1. The molecule has 0 fully saturated rings. The van der Waals surface area contributed by atoms with Crippen LogP contribution in [0.4, 0.5) is 11.6 Å². The summed E-state index contributed by atoms with van der Waals surface area (Å²) in [5.41, 5.74) is 2.69. The molecule has 2 aromatic carbocycles. The van der Waals surface area contributed by atoms with Crippen molar-refractivity contribution in [3.63, 3.8) is 0 Å². The summed E-state index contributed by atoms with van der Waals surface area (Å²) in [5.74, 6) is 2.24. The summed E-state index contributed by atoms with van der Waals surface area (Å²) < 4.78 is 18.0. The number of ether oxygens (including phenoxy) is 3. The predicted octanol–water partition coefficient (Wildman–Crippen LogP) is 3.62. The van der Waals surface area contributed by atoms with Gasteiger partial charge in [-0.1, -0.05) is 6.07 Å². The topological polar surface area (TPSA) is 99.5 Å². The van der Waals surface area contributed by atoms with Gasteiger partial charge in [-0.25, -0.2) is 4.68 Å². The third kappa shape index (κ3) is 3.96. The molecule has 9 nitrogen and oxygen atoms in total. The van der Waals surface area contributed by atoms with E-state index in [4.69, 9.17) is 14.2 Å². The molecule has 166 valence electrons. The van der Waals surface area contributed by atoms with Gasteiger partial charge in [0.05, 0.1) is 26.4 Å². The van der Waals surface area contributed by atoms with Crippen LogP contribution in [0.3, 0.4) is 0 Å². The first-order chi connectivity index (χ1) is 15.5. The van der Waals surface area contributed by atoms with Crippen molar-refractivity contribution in [2.75, 3.05) is 31.5 Å². The van der Waals surface area contributed by atoms with Crippen LogP contribution in [0.5, 0.6) is 17.2 Å². The lowest BCUT2D eigenvalue weighted by Crippen LogP contribution is -2.31. The van der Waals surface area contributed by atoms with Crippen molar-refractivity contribution in [2.45, 2.75) is 19.9 Å². The van der Waals surface area contributed by atoms with Gasteiger partial charge in [-0.05, 0) is 55.8 Å². The number of aromatic nitrogens is 3. The summed E-state index contributed by atoms with van der Waals surface area (Å²) in [6, 6.07) is 12.3. The van der Waals surface area contributed by atoms with Crippen molar-refractivity contribution in [3.8, 4) is 17.2 Å². The van der Waals surface area contributed by atoms with E-state index in [0.717, 1.165) is 5.56 Å². The molecule has 0 unspecified atom stereocenters. The molecule has 0 spiro atoms. The zero-order valence-corrected chi connectivity index (χ0v) is 18.4. The van der Waals surface area contributed by atoms with Crippen molar-refractivity contribution in [1.29, 1.82) is 0 Å². The third-order valence-corrected chi connectivity index (χ3v) is 5.19. The molecule has 0 bridgehead atoms. The highest BCUT2D eigenvalue weighted by atomic mass is 16.5. The Morgan fingerprint density at radius 2 is 1.91 bits per heavy atom. The van der Waals surface area contributed by atoms with E-state index in [1.165, 1.54) is 6.33 Å². The summed E-state index contributed by atoms with van der Waals surface area (Å²) in [7, 11) is 3.19. The number of rotatable bonds is 7. The fraction of sp³-hybridized carbons (Fsp3) is 0.261. The molecule has 4 rings (SSSR count). The van der Waals surface area contributed by atoms with Crippen LogP contribution in [-0.4, -0.2) is 41.5 Å². The molecule has 32 heavy (non-hydrogen) atoms. The standard InChI is InChI=1S/C23H25N5O4/c1-5-32-19-12-15(6-11-18(19)31-4)21-20(14(2)26-23-24-13-25-28(21)23)22(29)27-16-7-9-17(30-3)10-8-16/h6-13,21H,5H2,1-4H3,(H,27,29)(H,24,25,26)/t21-/m1/s1. The Morgan fingerprint density at radius 1 is 1.12 bits per heavy atom. The number of carbonyl (C=O) groups excluding carboxylic acids is 1. The van der Waals surface area contributed by atoms with Gasteiger partial charge in [-0.3, -0.25) is 4.79 Å². The van der Waals surface area contributed by atoms with Gasteiger partial charge >= 0.3 is 0 Å². The van der Waals surface area contributed by atoms with Crippen LogP contribution >= 0.6 is 0 Å². The fourth-order valence-electron chi connectivity index (χ4n) is 3.70. The molecule has 2 N–H and O–H groups in total. The van der Waals surface area contributed by atoms with Gasteiger partial charge in [0.25, 0.3) is 5.91 Å². The normalized spacial score (nSPS) is 14.9. The Morgan fingerprint density at radius 3 is 2.59 bits per heavy atom. The number of amides is 1. The number of allylic oxidation sites excluding steroid dienone is 1. The number of hydrogen-bond acceptors (Lipinski definition) is 7. The largest absolute Gasteiger partial charge is 0.497 e. The average molecular weight is 435 g/mol. The molecule has 0 saturated heterocycles. The first-order valence-electron chi connectivity index (χ1n) is 10.2. The Kier molecular flexibility index (Phi) is 5.98. The highest BCUT2D eigenvalue weighted by Gasteiger charge is 2.34. The van der Waals surface area contributed by atoms with E-state index in [2.05, 4.69) is 20.7 Å². The zero-order chi connectivity index (χ0) is 22.7. The smallest absolute Gasteiger partial charge is 0.255 e. The molecule has 0 radical (unpaired) electrons. The lowest BCUT2D eigenvalue weighted by molar-refractivity contribution is -0.113. The van der Waals surface area contributed by atoms with E-state index in [1.54, 1.807) is 43.2 Å².